The Labute approximate surface area is 122 Å². The Morgan fingerprint density at radius 2 is 2.05 bits per heavy atom. The second-order valence-electron chi connectivity index (χ2n) is 5.30. The summed E-state index contributed by atoms with van der Waals surface area (Å²) in [5.41, 5.74) is 8.64. The zero-order valence-electron chi connectivity index (χ0n) is 13.0. The lowest BCUT2D eigenvalue weighted by molar-refractivity contribution is -0.122. The van der Waals surface area contributed by atoms with Gasteiger partial charge in [-0.15, -0.1) is 0 Å². The van der Waals surface area contributed by atoms with Crippen molar-refractivity contribution in [1.29, 1.82) is 0 Å². The van der Waals surface area contributed by atoms with Crippen molar-refractivity contribution in [3.05, 3.63) is 35.4 Å². The van der Waals surface area contributed by atoms with Crippen LogP contribution < -0.4 is 11.1 Å². The molecule has 4 heteroatoms. The smallest absolute Gasteiger partial charge is 0.233 e. The van der Waals surface area contributed by atoms with Gasteiger partial charge >= 0.3 is 0 Å². The molecule has 0 bridgehead atoms. The lowest BCUT2D eigenvalue weighted by Gasteiger charge is -2.34. The third-order valence-electron chi connectivity index (χ3n) is 3.53. The second kappa shape index (κ2) is 8.02. The van der Waals surface area contributed by atoms with Gasteiger partial charge in [-0.2, -0.15) is 0 Å². The highest BCUT2D eigenvalue weighted by Crippen LogP contribution is 2.26. The third-order valence-corrected chi connectivity index (χ3v) is 3.53. The summed E-state index contributed by atoms with van der Waals surface area (Å²) < 4.78 is 0. The van der Waals surface area contributed by atoms with Crippen LogP contribution in [0.15, 0.2) is 24.3 Å². The number of hydrogen-bond acceptors (Lipinski definition) is 3. The highest BCUT2D eigenvalue weighted by atomic mass is 16.1. The fourth-order valence-electron chi connectivity index (χ4n) is 2.60. The van der Waals surface area contributed by atoms with Crippen LogP contribution in [0.3, 0.4) is 0 Å². The largest absolute Gasteiger partial charge is 0.358 e. The summed E-state index contributed by atoms with van der Waals surface area (Å²) in [5, 5.41) is 2.69. The molecule has 1 amide bonds. The fraction of sp³-hybridized carbons (Fsp3) is 0.562. The van der Waals surface area contributed by atoms with E-state index in [4.69, 9.17) is 5.73 Å². The van der Waals surface area contributed by atoms with E-state index in [1.807, 2.05) is 19.1 Å². The van der Waals surface area contributed by atoms with Crippen LogP contribution >= 0.6 is 0 Å². The number of hydrogen-bond donors (Lipinski definition) is 2. The van der Waals surface area contributed by atoms with E-state index < -0.39 is 0 Å². The van der Waals surface area contributed by atoms with Crippen molar-refractivity contribution < 1.29 is 4.79 Å². The third kappa shape index (κ3) is 4.32. The van der Waals surface area contributed by atoms with Gasteiger partial charge in [0.05, 0.1) is 12.6 Å². The van der Waals surface area contributed by atoms with E-state index in [0.717, 1.165) is 13.0 Å². The van der Waals surface area contributed by atoms with Crippen molar-refractivity contribution in [2.45, 2.75) is 39.3 Å². The van der Waals surface area contributed by atoms with Crippen molar-refractivity contribution in [3.8, 4) is 0 Å². The van der Waals surface area contributed by atoms with Crippen LogP contribution in [-0.4, -0.2) is 37.0 Å². The highest BCUT2D eigenvalue weighted by molar-refractivity contribution is 5.77. The Morgan fingerprint density at radius 1 is 1.40 bits per heavy atom. The van der Waals surface area contributed by atoms with E-state index in [9.17, 15) is 4.79 Å². The van der Waals surface area contributed by atoms with Gasteiger partial charge < -0.3 is 11.1 Å². The minimum absolute atomic E-state index is 0.0256. The van der Waals surface area contributed by atoms with E-state index in [1.165, 1.54) is 11.1 Å². The number of rotatable bonds is 7. The molecule has 0 heterocycles. The van der Waals surface area contributed by atoms with Gasteiger partial charge in [0.25, 0.3) is 0 Å². The first-order valence-electron chi connectivity index (χ1n) is 7.27. The average molecular weight is 277 g/mol. The van der Waals surface area contributed by atoms with Gasteiger partial charge in [-0.1, -0.05) is 31.2 Å². The molecule has 0 aliphatic heterocycles. The predicted molar refractivity (Wildman–Crippen MR) is 83.5 cm³/mol. The van der Waals surface area contributed by atoms with E-state index in [-0.39, 0.29) is 18.0 Å². The van der Waals surface area contributed by atoms with E-state index in [2.05, 4.69) is 36.2 Å². The molecule has 0 aliphatic carbocycles. The van der Waals surface area contributed by atoms with E-state index >= 15 is 0 Å². The van der Waals surface area contributed by atoms with Gasteiger partial charge in [0.2, 0.25) is 5.91 Å². The zero-order chi connectivity index (χ0) is 15.1. The summed E-state index contributed by atoms with van der Waals surface area (Å²) in [6.07, 6.45) is 0.992. The molecule has 3 N–H and O–H groups in total. The van der Waals surface area contributed by atoms with Crippen LogP contribution in [0, 0.1) is 6.92 Å². The van der Waals surface area contributed by atoms with E-state index in [1.54, 1.807) is 7.05 Å². The molecule has 0 saturated carbocycles. The summed E-state index contributed by atoms with van der Waals surface area (Å²) in [6, 6.07) is 8.28. The minimum Gasteiger partial charge on any atom is -0.358 e. The summed E-state index contributed by atoms with van der Waals surface area (Å²) in [7, 11) is 1.67. The maximum Gasteiger partial charge on any atom is 0.233 e. The van der Waals surface area contributed by atoms with Gasteiger partial charge in [0.1, 0.15) is 0 Å². The quantitative estimate of drug-likeness (QED) is 0.799. The summed E-state index contributed by atoms with van der Waals surface area (Å²) in [5.74, 6) is 0.0256. The number of carbonyl (C=O) groups excluding carboxylic acids is 1. The molecule has 2 atom stereocenters. The number of nitrogens with two attached hydrogens (primary N) is 1. The Hall–Kier alpha value is -1.39. The molecule has 1 aromatic carbocycles. The van der Waals surface area contributed by atoms with Crippen LogP contribution in [0.5, 0.6) is 0 Å². The van der Waals surface area contributed by atoms with Gasteiger partial charge in [-0.3, -0.25) is 9.69 Å². The molecule has 0 saturated heterocycles. The number of benzene rings is 1. The molecule has 112 valence electrons. The molecule has 4 nitrogen and oxygen atoms in total. The lowest BCUT2D eigenvalue weighted by atomic mass is 9.95. The second-order valence-corrected chi connectivity index (χ2v) is 5.30. The van der Waals surface area contributed by atoms with Crippen LogP contribution in [0.25, 0.3) is 0 Å². The van der Waals surface area contributed by atoms with Crippen molar-refractivity contribution in [2.75, 3.05) is 20.1 Å². The first-order valence-corrected chi connectivity index (χ1v) is 7.27. The topological polar surface area (TPSA) is 58.4 Å². The molecular weight excluding hydrogens is 250 g/mol. The zero-order valence-corrected chi connectivity index (χ0v) is 13.0. The first kappa shape index (κ1) is 16.7. The predicted octanol–water partition coefficient (Wildman–Crippen LogP) is 1.84. The molecule has 20 heavy (non-hydrogen) atoms. The minimum atomic E-state index is -0.0349. The molecule has 0 fully saturated rings. The molecule has 1 aromatic rings. The molecular formula is C16H27N3O. The number of nitrogens with zero attached hydrogens (tertiary/aromatic N) is 1. The van der Waals surface area contributed by atoms with Crippen molar-refractivity contribution in [1.82, 2.24) is 10.2 Å². The Bertz CT molecular complexity index is 431. The Kier molecular flexibility index (Phi) is 6.68. The Morgan fingerprint density at radius 3 is 2.55 bits per heavy atom. The van der Waals surface area contributed by atoms with Crippen LogP contribution in [0.1, 0.15) is 37.4 Å². The van der Waals surface area contributed by atoms with Gasteiger partial charge in [-0.05, 0) is 37.9 Å². The van der Waals surface area contributed by atoms with Crippen LogP contribution in [0.2, 0.25) is 0 Å². The Balaban J connectivity index is 3.08. The summed E-state index contributed by atoms with van der Waals surface area (Å²) in [4.78, 5) is 13.9. The summed E-state index contributed by atoms with van der Waals surface area (Å²) in [6.45, 7) is 7.45. The number of nitrogens with one attached hydrogen (secondary N) is 1. The average Bonchev–Trinajstić information content (AvgIpc) is 2.41. The monoisotopic (exact) mass is 277 g/mol. The SMILES string of the molecule is CCCN(CC(=O)NC)C(c1ccccc1C)C(C)N. The lowest BCUT2D eigenvalue weighted by Crippen LogP contribution is -2.44. The van der Waals surface area contributed by atoms with Crippen molar-refractivity contribution in [2.24, 2.45) is 5.73 Å². The first-order chi connectivity index (χ1) is 9.51. The number of amides is 1. The van der Waals surface area contributed by atoms with Crippen LogP contribution in [-0.2, 0) is 4.79 Å². The summed E-state index contributed by atoms with van der Waals surface area (Å²) >= 11 is 0. The number of likely N-dealkylation sites (N-methyl/N-ethyl adjacent to an activating group) is 1. The van der Waals surface area contributed by atoms with Crippen LogP contribution in [0.4, 0.5) is 0 Å². The van der Waals surface area contributed by atoms with E-state index in [0.29, 0.717) is 6.54 Å². The van der Waals surface area contributed by atoms with Gasteiger partial charge in [0.15, 0.2) is 0 Å². The molecule has 1 rings (SSSR count). The molecule has 0 aliphatic rings. The van der Waals surface area contributed by atoms with Crippen molar-refractivity contribution in [3.63, 3.8) is 0 Å². The highest BCUT2D eigenvalue weighted by Gasteiger charge is 2.26. The fourth-order valence-corrected chi connectivity index (χ4v) is 2.60. The van der Waals surface area contributed by atoms with Gasteiger partial charge in [-0.25, -0.2) is 0 Å². The normalized spacial score (nSPS) is 14.1. The molecule has 0 aromatic heterocycles. The van der Waals surface area contributed by atoms with Gasteiger partial charge in [0, 0.05) is 13.1 Å². The maximum absolute atomic E-state index is 11.7. The number of carbonyl (C=O) groups is 1. The standard InChI is InChI=1S/C16H27N3O/c1-5-10-19(11-15(20)18-4)16(13(3)17)14-9-7-6-8-12(14)2/h6-9,13,16H,5,10-11,17H2,1-4H3,(H,18,20). The molecule has 2 unspecified atom stereocenters. The number of aryl methyl sites for hydroxylation is 1. The maximum atomic E-state index is 11.7. The molecule has 0 spiro atoms. The molecule has 0 radical (unpaired) electrons. The van der Waals surface area contributed by atoms with Crippen molar-refractivity contribution >= 4 is 5.91 Å².